The van der Waals surface area contributed by atoms with Gasteiger partial charge in [-0.1, -0.05) is 58.5 Å². The van der Waals surface area contributed by atoms with Crippen molar-refractivity contribution in [1.82, 2.24) is 9.97 Å². The molecule has 0 aliphatic carbocycles. The Hall–Kier alpha value is -6.24. The number of aromatic carboxylic acids is 1. The number of carbonyl (C=O) groups excluding carboxylic acids is 1. The van der Waals surface area contributed by atoms with Crippen molar-refractivity contribution in [3.8, 4) is 11.5 Å². The Morgan fingerprint density at radius 3 is 1.66 bits per heavy atom. The van der Waals surface area contributed by atoms with Crippen molar-refractivity contribution in [2.24, 2.45) is 0 Å². The SMILES string of the molecule is Cc1ccc2c(c1)N(C(=O)c1ncc(Cl)cc1NS(=O)(=O)c1ccc(Cl)c(C(F)(F)F)c1)CCO2.Cc1ccc2c(c1)NCCO2.O=C(O)c1ncc(Cl)cc1NS(=O)(=O)c1ccc(Cl)c(C(F)(F)F)c1. The lowest BCUT2D eigenvalue weighted by Crippen LogP contribution is -2.39. The smallest absolute Gasteiger partial charge is 0.417 e. The molecule has 0 radical (unpaired) electrons. The van der Waals surface area contributed by atoms with E-state index in [0.717, 1.165) is 78.9 Å². The van der Waals surface area contributed by atoms with E-state index in [1.807, 2.05) is 23.8 Å². The average Bonchev–Trinajstić information content (AvgIpc) is 3.28. The second-order valence-electron chi connectivity index (χ2n) is 14.9. The summed E-state index contributed by atoms with van der Waals surface area (Å²) in [4.78, 5) is 31.9. The summed E-state index contributed by atoms with van der Waals surface area (Å²) in [5.74, 6) is -0.767. The van der Waals surface area contributed by atoms with Gasteiger partial charge in [0.15, 0.2) is 11.4 Å². The number of carboxylic acid groups (broad SMARTS) is 1. The lowest BCUT2D eigenvalue weighted by atomic mass is 10.1. The molecule has 2 aromatic heterocycles. The summed E-state index contributed by atoms with van der Waals surface area (Å²) in [5, 5.41) is 10.9. The fraction of sp³-hybridized carbons (Fsp3) is 0.182. The highest BCUT2D eigenvalue weighted by Crippen LogP contribution is 2.39. The third-order valence-corrected chi connectivity index (χ3v) is 13.5. The molecule has 4 aromatic carbocycles. The Morgan fingerprint density at radius 2 is 1.14 bits per heavy atom. The lowest BCUT2D eigenvalue weighted by Gasteiger charge is -2.30. The fourth-order valence-corrected chi connectivity index (χ4v) is 9.41. The molecule has 2 aliphatic heterocycles. The summed E-state index contributed by atoms with van der Waals surface area (Å²) >= 11 is 22.7. The minimum Gasteiger partial charge on any atom is -0.490 e. The van der Waals surface area contributed by atoms with Crippen molar-refractivity contribution in [1.29, 1.82) is 0 Å². The van der Waals surface area contributed by atoms with Crippen molar-refractivity contribution in [3.63, 3.8) is 0 Å². The number of hydrogen-bond donors (Lipinski definition) is 4. The summed E-state index contributed by atoms with van der Waals surface area (Å²) < 4.78 is 144. The second kappa shape index (κ2) is 21.6. The van der Waals surface area contributed by atoms with E-state index in [0.29, 0.717) is 23.6 Å². The van der Waals surface area contributed by atoms with Crippen molar-refractivity contribution in [2.45, 2.75) is 36.0 Å². The minimum absolute atomic E-state index is 0.00422. The highest BCUT2D eigenvalue weighted by molar-refractivity contribution is 7.93. The molecule has 0 spiro atoms. The zero-order valence-electron chi connectivity index (χ0n) is 36.2. The summed E-state index contributed by atoms with van der Waals surface area (Å²) in [7, 11) is -9.14. The van der Waals surface area contributed by atoms with E-state index < -0.39 is 86.6 Å². The molecular weight excluding hydrogens is 1080 g/mol. The van der Waals surface area contributed by atoms with E-state index in [2.05, 4.69) is 39.1 Å². The zero-order chi connectivity index (χ0) is 52.2. The Balaban J connectivity index is 0.000000198. The van der Waals surface area contributed by atoms with E-state index in [4.69, 9.17) is 61.0 Å². The van der Waals surface area contributed by atoms with Gasteiger partial charge in [-0.25, -0.2) is 31.6 Å². The molecule has 0 unspecified atom stereocenters. The summed E-state index contributed by atoms with van der Waals surface area (Å²) in [6.07, 6.45) is -7.60. The van der Waals surface area contributed by atoms with E-state index in [-0.39, 0.29) is 34.6 Å². The van der Waals surface area contributed by atoms with Crippen LogP contribution < -0.4 is 29.1 Å². The van der Waals surface area contributed by atoms with Crippen LogP contribution in [0.2, 0.25) is 20.1 Å². The zero-order valence-corrected chi connectivity index (χ0v) is 40.9. The van der Waals surface area contributed by atoms with Crippen molar-refractivity contribution >= 4 is 101 Å². The van der Waals surface area contributed by atoms with Gasteiger partial charge in [0.05, 0.1) is 70.3 Å². The Morgan fingerprint density at radius 1 is 0.662 bits per heavy atom. The topological polar surface area (TPSA) is 206 Å². The van der Waals surface area contributed by atoms with Crippen LogP contribution in [0.5, 0.6) is 11.5 Å². The number of pyridine rings is 2. The van der Waals surface area contributed by atoms with Gasteiger partial charge in [-0.15, -0.1) is 0 Å². The van der Waals surface area contributed by atoms with Crippen LogP contribution in [0.15, 0.2) is 107 Å². The molecule has 4 heterocycles. The lowest BCUT2D eigenvalue weighted by molar-refractivity contribution is -0.138. The van der Waals surface area contributed by atoms with Crippen molar-refractivity contribution in [2.75, 3.05) is 46.0 Å². The van der Waals surface area contributed by atoms with Gasteiger partial charge in [-0.05, 0) is 97.8 Å². The van der Waals surface area contributed by atoms with Crippen LogP contribution >= 0.6 is 46.4 Å². The number of nitrogens with one attached hydrogen (secondary N) is 3. The van der Waals surface area contributed by atoms with Gasteiger partial charge in [-0.3, -0.25) is 14.2 Å². The van der Waals surface area contributed by atoms with Crippen LogP contribution in [0, 0.1) is 13.8 Å². The predicted molar refractivity (Wildman–Crippen MR) is 253 cm³/mol. The minimum atomic E-state index is -4.87. The molecule has 4 N–H and O–H groups in total. The average molecular weight is 1110 g/mol. The Labute approximate surface area is 420 Å². The number of hydrogen-bond acceptors (Lipinski definition) is 11. The number of aromatic nitrogens is 2. The first-order valence-corrected chi connectivity index (χ1v) is 24.5. The number of alkyl halides is 6. The van der Waals surface area contributed by atoms with Gasteiger partial charge >= 0.3 is 18.3 Å². The highest BCUT2D eigenvalue weighted by Gasteiger charge is 2.36. The van der Waals surface area contributed by atoms with Gasteiger partial charge in [-0.2, -0.15) is 26.3 Å². The number of rotatable bonds is 8. The number of halogens is 10. The molecule has 6 aromatic rings. The number of sulfonamides is 2. The molecule has 0 saturated heterocycles. The normalized spacial score (nSPS) is 13.3. The predicted octanol–water partition coefficient (Wildman–Crippen LogP) is 11.3. The number of carboxylic acids is 1. The van der Waals surface area contributed by atoms with Gasteiger partial charge in [0.2, 0.25) is 0 Å². The van der Waals surface area contributed by atoms with Gasteiger partial charge in [0.25, 0.3) is 26.0 Å². The first-order valence-electron chi connectivity index (χ1n) is 20.0. The molecule has 2 aliphatic rings. The van der Waals surface area contributed by atoms with Crippen LogP contribution in [0.25, 0.3) is 0 Å². The molecule has 0 atom stereocenters. The summed E-state index contributed by atoms with van der Waals surface area (Å²) in [6, 6.07) is 17.7. The van der Waals surface area contributed by atoms with Crippen molar-refractivity contribution in [3.05, 3.63) is 151 Å². The Kier molecular flexibility index (Phi) is 16.5. The molecular formula is C44H34Cl4F6N6O9S2. The number of benzene rings is 4. The quantitative estimate of drug-likeness (QED) is 0.105. The van der Waals surface area contributed by atoms with E-state index in [1.54, 1.807) is 12.1 Å². The highest BCUT2D eigenvalue weighted by atomic mass is 35.5. The molecule has 376 valence electrons. The molecule has 0 saturated carbocycles. The number of aryl methyl sites for hydroxylation is 2. The monoisotopic (exact) mass is 1110 g/mol. The Bertz CT molecular complexity index is 3260. The maximum absolute atomic E-state index is 13.4. The van der Waals surface area contributed by atoms with Crippen LogP contribution in [-0.4, -0.2) is 70.1 Å². The number of amides is 1. The van der Waals surface area contributed by atoms with Gasteiger partial charge < -0.3 is 24.8 Å². The second-order valence-corrected chi connectivity index (χ2v) is 20.0. The standard InChI is InChI=1S/C22H16Cl2F3N3O4S.C13H7Cl2F3N2O4S.C9H11NO/c1-12-2-5-19-18(8-12)30(6-7-34-19)21(31)20-17(9-13(23)11-28-20)29-35(32,33)14-3-4-16(24)15(10-14)22(25,26)27;14-6-3-10(11(12(21)22)19-5-6)20-25(23,24)7-1-2-9(15)8(4-7)13(16,17)18;1-7-2-3-9-8(6-7)10-4-5-11-9/h2-5,8-11,29H,6-7H2,1H3;1-5,20H,(H,21,22);2-3,6,10H,4-5H2,1H3. The first-order chi connectivity index (χ1) is 33.1. The fourth-order valence-electron chi connectivity index (χ4n) is 6.48. The maximum Gasteiger partial charge on any atom is 0.417 e. The molecule has 1 amide bonds. The third-order valence-electron chi connectivity index (χ3n) is 9.74. The van der Waals surface area contributed by atoms with E-state index in [9.17, 15) is 52.8 Å². The number of carbonyl (C=O) groups is 2. The number of fused-ring (bicyclic) bond motifs is 2. The van der Waals surface area contributed by atoms with E-state index in [1.165, 1.54) is 10.5 Å². The molecule has 0 fully saturated rings. The molecule has 15 nitrogen and oxygen atoms in total. The van der Waals surface area contributed by atoms with Gasteiger partial charge in [0, 0.05) is 18.9 Å². The number of ether oxygens (including phenoxy) is 2. The number of anilines is 4. The van der Waals surface area contributed by atoms with Crippen LogP contribution in [-0.2, 0) is 32.4 Å². The summed E-state index contributed by atoms with van der Waals surface area (Å²) in [6.45, 7) is 5.96. The molecule has 27 heteroatoms. The largest absolute Gasteiger partial charge is 0.490 e. The van der Waals surface area contributed by atoms with Crippen LogP contribution in [0.1, 0.15) is 43.2 Å². The van der Waals surface area contributed by atoms with Crippen molar-refractivity contribution < 1.29 is 67.3 Å². The van der Waals surface area contributed by atoms with Crippen LogP contribution in [0.3, 0.4) is 0 Å². The maximum atomic E-state index is 13.4. The number of nitrogens with zero attached hydrogens (tertiary/aromatic N) is 3. The molecule has 71 heavy (non-hydrogen) atoms. The van der Waals surface area contributed by atoms with E-state index >= 15 is 0 Å². The molecule has 8 rings (SSSR count). The summed E-state index contributed by atoms with van der Waals surface area (Å²) in [5.41, 5.74) is -0.703. The third kappa shape index (κ3) is 13.4. The van der Waals surface area contributed by atoms with Gasteiger partial charge in [0.1, 0.15) is 24.7 Å². The first kappa shape index (κ1) is 54.1. The molecule has 0 bridgehead atoms. The van der Waals surface area contributed by atoms with Crippen LogP contribution in [0.4, 0.5) is 49.1 Å².